The quantitative estimate of drug-likeness (QED) is 0.523. The minimum Gasteiger partial charge on any atom is -0.481 e. The van der Waals surface area contributed by atoms with E-state index in [2.05, 4.69) is 0 Å². The molecule has 124 valence electrons. The van der Waals surface area contributed by atoms with Gasteiger partial charge in [0.1, 0.15) is 0 Å². The maximum absolute atomic E-state index is 11.1. The molecule has 21 heavy (non-hydrogen) atoms. The first-order valence-electron chi connectivity index (χ1n) is 8.30. The zero-order valence-electron chi connectivity index (χ0n) is 14.0. The average Bonchev–Trinajstić information content (AvgIpc) is 2.38. The van der Waals surface area contributed by atoms with Crippen LogP contribution in [0.3, 0.4) is 0 Å². The topological polar surface area (TPSA) is 74.6 Å². The van der Waals surface area contributed by atoms with Crippen molar-refractivity contribution in [1.29, 1.82) is 0 Å². The van der Waals surface area contributed by atoms with Crippen molar-refractivity contribution in [3.8, 4) is 0 Å². The molecule has 0 aliphatic carbocycles. The summed E-state index contributed by atoms with van der Waals surface area (Å²) in [5.41, 5.74) is 0. The predicted octanol–water partition coefficient (Wildman–Crippen LogP) is 4.43. The molecule has 0 aliphatic rings. The number of carboxylic acid groups (broad SMARTS) is 2. The van der Waals surface area contributed by atoms with Crippen LogP contribution in [0, 0.1) is 23.7 Å². The van der Waals surface area contributed by atoms with Crippen molar-refractivity contribution in [2.45, 2.75) is 72.6 Å². The number of carbonyl (C=O) groups is 2. The molecule has 4 unspecified atom stereocenters. The minimum absolute atomic E-state index is 0.215. The summed E-state index contributed by atoms with van der Waals surface area (Å²) in [6.07, 6.45) is 6.36. The van der Waals surface area contributed by atoms with Crippen LogP contribution in [-0.2, 0) is 9.59 Å². The summed E-state index contributed by atoms with van der Waals surface area (Å²) in [6.45, 7) is 7.88. The van der Waals surface area contributed by atoms with Gasteiger partial charge in [0.15, 0.2) is 0 Å². The molecular weight excluding hydrogens is 268 g/mol. The first-order valence-corrected chi connectivity index (χ1v) is 8.30. The van der Waals surface area contributed by atoms with E-state index in [1.807, 2.05) is 27.7 Å². The molecule has 0 saturated heterocycles. The van der Waals surface area contributed by atoms with Gasteiger partial charge in [-0.25, -0.2) is 0 Å². The van der Waals surface area contributed by atoms with E-state index in [0.717, 1.165) is 32.1 Å². The van der Waals surface area contributed by atoms with Crippen molar-refractivity contribution < 1.29 is 19.8 Å². The van der Waals surface area contributed by atoms with Crippen LogP contribution in [0.25, 0.3) is 0 Å². The SMILES string of the molecule is CCC(C(=O)O)C(C)CCCCCC(C)C(CC)C(=O)O. The van der Waals surface area contributed by atoms with E-state index >= 15 is 0 Å². The van der Waals surface area contributed by atoms with Crippen molar-refractivity contribution in [1.82, 2.24) is 0 Å². The van der Waals surface area contributed by atoms with E-state index in [1.165, 1.54) is 0 Å². The molecule has 0 aromatic carbocycles. The summed E-state index contributed by atoms with van der Waals surface area (Å²) < 4.78 is 0. The Morgan fingerprint density at radius 2 is 1.10 bits per heavy atom. The van der Waals surface area contributed by atoms with Gasteiger partial charge in [0.2, 0.25) is 0 Å². The number of unbranched alkanes of at least 4 members (excludes halogenated alkanes) is 2. The second-order valence-corrected chi connectivity index (χ2v) is 6.30. The largest absolute Gasteiger partial charge is 0.481 e. The van der Waals surface area contributed by atoms with Gasteiger partial charge < -0.3 is 10.2 Å². The molecule has 4 heteroatoms. The molecular formula is C17H32O4. The van der Waals surface area contributed by atoms with Crippen molar-refractivity contribution in [2.24, 2.45) is 23.7 Å². The number of hydrogen-bond acceptors (Lipinski definition) is 2. The highest BCUT2D eigenvalue weighted by Crippen LogP contribution is 2.25. The van der Waals surface area contributed by atoms with E-state index in [1.54, 1.807) is 0 Å². The van der Waals surface area contributed by atoms with Crippen LogP contribution in [0.5, 0.6) is 0 Å². The first kappa shape index (κ1) is 19.9. The zero-order chi connectivity index (χ0) is 16.4. The molecule has 4 atom stereocenters. The summed E-state index contributed by atoms with van der Waals surface area (Å²) in [6, 6.07) is 0. The maximum atomic E-state index is 11.1. The molecule has 4 nitrogen and oxygen atoms in total. The van der Waals surface area contributed by atoms with Gasteiger partial charge in [-0.2, -0.15) is 0 Å². The fourth-order valence-electron chi connectivity index (χ4n) is 3.15. The summed E-state index contributed by atoms with van der Waals surface area (Å²) in [5, 5.41) is 18.2. The normalized spacial score (nSPS) is 17.0. The summed E-state index contributed by atoms with van der Waals surface area (Å²) >= 11 is 0. The van der Waals surface area contributed by atoms with E-state index in [9.17, 15) is 9.59 Å². The van der Waals surface area contributed by atoms with E-state index < -0.39 is 11.9 Å². The molecule has 0 fully saturated rings. The van der Waals surface area contributed by atoms with Gasteiger partial charge >= 0.3 is 11.9 Å². The Balaban J connectivity index is 3.91. The highest BCUT2D eigenvalue weighted by atomic mass is 16.4. The van der Waals surface area contributed by atoms with Crippen LogP contribution in [-0.4, -0.2) is 22.2 Å². The third-order valence-electron chi connectivity index (χ3n) is 4.71. The highest BCUT2D eigenvalue weighted by Gasteiger charge is 2.23. The van der Waals surface area contributed by atoms with Gasteiger partial charge in [-0.1, -0.05) is 47.0 Å². The van der Waals surface area contributed by atoms with Gasteiger partial charge in [-0.3, -0.25) is 9.59 Å². The third kappa shape index (κ3) is 7.49. The Morgan fingerprint density at radius 1 is 0.762 bits per heavy atom. The van der Waals surface area contributed by atoms with Crippen LogP contribution >= 0.6 is 0 Å². The third-order valence-corrected chi connectivity index (χ3v) is 4.71. The molecule has 0 heterocycles. The fourth-order valence-corrected chi connectivity index (χ4v) is 3.15. The summed E-state index contributed by atoms with van der Waals surface area (Å²) in [5.74, 6) is -1.42. The van der Waals surface area contributed by atoms with Gasteiger partial charge in [-0.15, -0.1) is 0 Å². The predicted molar refractivity (Wildman–Crippen MR) is 84.2 cm³/mol. The minimum atomic E-state index is -0.689. The summed E-state index contributed by atoms with van der Waals surface area (Å²) in [4.78, 5) is 22.1. The van der Waals surface area contributed by atoms with Crippen LogP contribution in [0.4, 0.5) is 0 Å². The number of rotatable bonds is 12. The van der Waals surface area contributed by atoms with Crippen molar-refractivity contribution in [3.63, 3.8) is 0 Å². The van der Waals surface area contributed by atoms with Crippen molar-refractivity contribution in [2.75, 3.05) is 0 Å². The Morgan fingerprint density at radius 3 is 1.33 bits per heavy atom. The highest BCUT2D eigenvalue weighted by molar-refractivity contribution is 5.70. The average molecular weight is 300 g/mol. The summed E-state index contributed by atoms with van der Waals surface area (Å²) in [7, 11) is 0. The lowest BCUT2D eigenvalue weighted by atomic mass is 9.85. The van der Waals surface area contributed by atoms with Crippen LogP contribution in [0.1, 0.15) is 72.6 Å². The molecule has 0 bridgehead atoms. The number of carboxylic acids is 2. The van der Waals surface area contributed by atoms with Crippen LogP contribution in [0.2, 0.25) is 0 Å². The van der Waals surface area contributed by atoms with Gasteiger partial charge in [0.05, 0.1) is 11.8 Å². The second kappa shape index (κ2) is 10.6. The fraction of sp³-hybridized carbons (Fsp3) is 0.882. The molecule has 0 rings (SSSR count). The smallest absolute Gasteiger partial charge is 0.306 e. The Kier molecular flexibility index (Phi) is 10.1. The lowest BCUT2D eigenvalue weighted by Crippen LogP contribution is -2.21. The molecule has 0 amide bonds. The van der Waals surface area contributed by atoms with Crippen LogP contribution < -0.4 is 0 Å². The molecule has 0 spiro atoms. The number of hydrogen-bond donors (Lipinski definition) is 2. The maximum Gasteiger partial charge on any atom is 0.306 e. The Labute approximate surface area is 128 Å². The molecule has 0 aliphatic heterocycles. The molecule has 0 radical (unpaired) electrons. The first-order chi connectivity index (χ1) is 9.84. The lowest BCUT2D eigenvalue weighted by Gasteiger charge is -2.20. The molecule has 0 aromatic rings. The lowest BCUT2D eigenvalue weighted by molar-refractivity contribution is -0.144. The number of aliphatic carboxylic acids is 2. The second-order valence-electron chi connectivity index (χ2n) is 6.30. The van der Waals surface area contributed by atoms with Gasteiger partial charge in [-0.05, 0) is 37.5 Å². The van der Waals surface area contributed by atoms with E-state index in [0.29, 0.717) is 12.8 Å². The Bertz CT molecular complexity index is 284. The van der Waals surface area contributed by atoms with Crippen molar-refractivity contribution >= 4 is 11.9 Å². The molecule has 0 aromatic heterocycles. The molecule has 2 N–H and O–H groups in total. The van der Waals surface area contributed by atoms with Crippen molar-refractivity contribution in [3.05, 3.63) is 0 Å². The van der Waals surface area contributed by atoms with E-state index in [4.69, 9.17) is 10.2 Å². The van der Waals surface area contributed by atoms with Crippen LogP contribution in [0.15, 0.2) is 0 Å². The Hall–Kier alpha value is -1.06. The molecule has 0 saturated carbocycles. The van der Waals surface area contributed by atoms with Gasteiger partial charge in [0, 0.05) is 0 Å². The van der Waals surface area contributed by atoms with E-state index in [-0.39, 0.29) is 23.7 Å². The monoisotopic (exact) mass is 300 g/mol. The standard InChI is InChI=1S/C17H32O4/c1-5-14(16(18)19)12(3)10-8-7-9-11-13(4)15(6-2)17(20)21/h12-15H,5-11H2,1-4H3,(H,18,19)(H,20,21). The zero-order valence-corrected chi connectivity index (χ0v) is 14.0. The van der Waals surface area contributed by atoms with Gasteiger partial charge in [0.25, 0.3) is 0 Å².